The van der Waals surface area contributed by atoms with E-state index in [1.807, 2.05) is 59.1 Å². The van der Waals surface area contributed by atoms with Crippen LogP contribution in [0.3, 0.4) is 0 Å². The van der Waals surface area contributed by atoms with Crippen LogP contribution in [0.5, 0.6) is 0 Å². The SMILES string of the molecule is C[C@@H]1CCN(C(=O)c2ccc(Br)cc2)c2ccccc2S1. The summed E-state index contributed by atoms with van der Waals surface area (Å²) in [5.74, 6) is 0.0738. The monoisotopic (exact) mass is 361 g/mol. The summed E-state index contributed by atoms with van der Waals surface area (Å²) in [5.41, 5.74) is 1.76. The summed E-state index contributed by atoms with van der Waals surface area (Å²) in [6.45, 7) is 2.98. The molecule has 0 radical (unpaired) electrons. The van der Waals surface area contributed by atoms with Gasteiger partial charge < -0.3 is 4.90 Å². The number of amides is 1. The van der Waals surface area contributed by atoms with Crippen LogP contribution >= 0.6 is 27.7 Å². The minimum Gasteiger partial charge on any atom is -0.307 e. The van der Waals surface area contributed by atoms with Crippen molar-refractivity contribution in [3.63, 3.8) is 0 Å². The quantitative estimate of drug-likeness (QED) is 0.713. The number of hydrogen-bond donors (Lipinski definition) is 0. The first-order valence-corrected chi connectivity index (χ1v) is 8.65. The number of fused-ring (bicyclic) bond motifs is 1. The fourth-order valence-electron chi connectivity index (χ4n) is 2.45. The van der Waals surface area contributed by atoms with Gasteiger partial charge in [-0.25, -0.2) is 0 Å². The molecule has 2 aromatic rings. The fraction of sp³-hybridized carbons (Fsp3) is 0.235. The second-order valence-corrected chi connectivity index (χ2v) is 7.54. The largest absolute Gasteiger partial charge is 0.307 e. The lowest BCUT2D eigenvalue weighted by Crippen LogP contribution is -2.32. The number of para-hydroxylation sites is 1. The number of hydrogen-bond acceptors (Lipinski definition) is 2. The van der Waals surface area contributed by atoms with E-state index < -0.39 is 0 Å². The van der Waals surface area contributed by atoms with Gasteiger partial charge in [0.05, 0.1) is 5.69 Å². The molecular weight excluding hydrogens is 346 g/mol. The molecule has 1 atom stereocenters. The van der Waals surface area contributed by atoms with Gasteiger partial charge >= 0.3 is 0 Å². The van der Waals surface area contributed by atoms with Crippen LogP contribution in [0.25, 0.3) is 0 Å². The van der Waals surface area contributed by atoms with Gasteiger partial charge in [0.25, 0.3) is 5.91 Å². The summed E-state index contributed by atoms with van der Waals surface area (Å²) in [7, 11) is 0. The van der Waals surface area contributed by atoms with Crippen molar-refractivity contribution in [2.45, 2.75) is 23.5 Å². The predicted octanol–water partition coefficient (Wildman–Crippen LogP) is 4.98. The highest BCUT2D eigenvalue weighted by atomic mass is 79.9. The molecule has 0 fully saturated rings. The molecule has 108 valence electrons. The molecule has 2 nitrogen and oxygen atoms in total. The number of rotatable bonds is 1. The number of anilines is 1. The molecule has 21 heavy (non-hydrogen) atoms. The zero-order valence-corrected chi connectivity index (χ0v) is 14.2. The Morgan fingerprint density at radius 3 is 2.67 bits per heavy atom. The van der Waals surface area contributed by atoms with Crippen molar-refractivity contribution in [2.24, 2.45) is 0 Å². The summed E-state index contributed by atoms with van der Waals surface area (Å²) in [5, 5.41) is 0.522. The Balaban J connectivity index is 1.97. The summed E-state index contributed by atoms with van der Waals surface area (Å²) in [4.78, 5) is 15.9. The maximum absolute atomic E-state index is 12.8. The van der Waals surface area contributed by atoms with Crippen LogP contribution in [0.15, 0.2) is 57.9 Å². The maximum atomic E-state index is 12.8. The van der Waals surface area contributed by atoms with E-state index in [4.69, 9.17) is 0 Å². The van der Waals surface area contributed by atoms with E-state index in [9.17, 15) is 4.79 Å². The normalized spacial score (nSPS) is 18.0. The van der Waals surface area contributed by atoms with Gasteiger partial charge in [0, 0.05) is 26.7 Å². The zero-order chi connectivity index (χ0) is 14.8. The van der Waals surface area contributed by atoms with Gasteiger partial charge in [-0.15, -0.1) is 11.8 Å². The number of thioether (sulfide) groups is 1. The van der Waals surface area contributed by atoms with Gasteiger partial charge in [-0.3, -0.25) is 4.79 Å². The molecule has 3 rings (SSSR count). The first kappa shape index (κ1) is 14.7. The average molecular weight is 362 g/mol. The van der Waals surface area contributed by atoms with Crippen molar-refractivity contribution in [3.8, 4) is 0 Å². The number of carbonyl (C=O) groups is 1. The summed E-state index contributed by atoms with van der Waals surface area (Å²) >= 11 is 5.26. The van der Waals surface area contributed by atoms with Crippen LogP contribution in [0.2, 0.25) is 0 Å². The first-order valence-electron chi connectivity index (χ1n) is 6.98. The third kappa shape index (κ3) is 3.16. The van der Waals surface area contributed by atoms with E-state index in [0.29, 0.717) is 5.25 Å². The summed E-state index contributed by atoms with van der Waals surface area (Å²) in [6, 6.07) is 15.7. The zero-order valence-electron chi connectivity index (χ0n) is 11.8. The van der Waals surface area contributed by atoms with Crippen molar-refractivity contribution < 1.29 is 4.79 Å². The number of halogens is 1. The number of benzene rings is 2. The van der Waals surface area contributed by atoms with E-state index in [2.05, 4.69) is 28.9 Å². The standard InChI is InChI=1S/C17H16BrNOS/c1-12-10-11-19(15-4-2-3-5-16(15)21-12)17(20)13-6-8-14(18)9-7-13/h2-9,12H,10-11H2,1H3/t12-/m1/s1. The van der Waals surface area contributed by atoms with Gasteiger partial charge in [-0.1, -0.05) is 35.0 Å². The van der Waals surface area contributed by atoms with E-state index in [1.54, 1.807) is 0 Å². The Hall–Kier alpha value is -1.26. The highest BCUT2D eigenvalue weighted by Crippen LogP contribution is 2.37. The van der Waals surface area contributed by atoms with Crippen molar-refractivity contribution in [2.75, 3.05) is 11.4 Å². The van der Waals surface area contributed by atoms with Crippen LogP contribution < -0.4 is 4.90 Å². The maximum Gasteiger partial charge on any atom is 0.258 e. The van der Waals surface area contributed by atoms with Crippen LogP contribution in [0.4, 0.5) is 5.69 Å². The molecule has 0 N–H and O–H groups in total. The van der Waals surface area contributed by atoms with Gasteiger partial charge in [-0.05, 0) is 42.8 Å². The second-order valence-electron chi connectivity index (χ2n) is 5.15. The molecule has 0 saturated carbocycles. The summed E-state index contributed by atoms with van der Waals surface area (Å²) in [6.07, 6.45) is 1.00. The molecular formula is C17H16BrNOS. The molecule has 0 unspecified atom stereocenters. The predicted molar refractivity (Wildman–Crippen MR) is 92.2 cm³/mol. The lowest BCUT2D eigenvalue weighted by Gasteiger charge is -2.22. The van der Waals surface area contributed by atoms with Gasteiger partial charge in [-0.2, -0.15) is 0 Å². The molecule has 1 amide bonds. The third-order valence-corrected chi connectivity index (χ3v) is 5.35. The summed E-state index contributed by atoms with van der Waals surface area (Å²) < 4.78 is 0.986. The van der Waals surface area contributed by atoms with E-state index in [1.165, 1.54) is 4.90 Å². The molecule has 0 saturated heterocycles. The van der Waals surface area contributed by atoms with Crippen LogP contribution in [0.1, 0.15) is 23.7 Å². The Morgan fingerprint density at radius 2 is 1.90 bits per heavy atom. The smallest absolute Gasteiger partial charge is 0.258 e. The Kier molecular flexibility index (Phi) is 4.36. The second kappa shape index (κ2) is 6.24. The lowest BCUT2D eigenvalue weighted by atomic mass is 10.1. The van der Waals surface area contributed by atoms with Crippen molar-refractivity contribution in [3.05, 3.63) is 58.6 Å². The van der Waals surface area contributed by atoms with Gasteiger partial charge in [0.2, 0.25) is 0 Å². The molecule has 1 aliphatic rings. The Bertz CT molecular complexity index is 656. The minimum absolute atomic E-state index is 0.0738. The average Bonchev–Trinajstić information content (AvgIpc) is 2.65. The Labute approximate surface area is 137 Å². The van der Waals surface area contributed by atoms with Crippen molar-refractivity contribution in [1.29, 1.82) is 0 Å². The molecule has 1 aliphatic heterocycles. The van der Waals surface area contributed by atoms with Gasteiger partial charge in [0.1, 0.15) is 0 Å². The Morgan fingerprint density at radius 1 is 1.19 bits per heavy atom. The van der Waals surface area contributed by atoms with E-state index >= 15 is 0 Å². The van der Waals surface area contributed by atoms with Gasteiger partial charge in [0.15, 0.2) is 0 Å². The molecule has 0 bridgehead atoms. The number of carbonyl (C=O) groups excluding carboxylic acids is 1. The van der Waals surface area contributed by atoms with Crippen LogP contribution in [0, 0.1) is 0 Å². The molecule has 0 aliphatic carbocycles. The minimum atomic E-state index is 0.0738. The molecule has 0 aromatic heterocycles. The molecule has 1 heterocycles. The lowest BCUT2D eigenvalue weighted by molar-refractivity contribution is 0.0986. The fourth-order valence-corrected chi connectivity index (χ4v) is 3.82. The molecule has 0 spiro atoms. The van der Waals surface area contributed by atoms with E-state index in [-0.39, 0.29) is 5.91 Å². The van der Waals surface area contributed by atoms with Crippen molar-refractivity contribution >= 4 is 39.3 Å². The van der Waals surface area contributed by atoms with Crippen LogP contribution in [-0.2, 0) is 0 Å². The number of nitrogens with zero attached hydrogens (tertiary/aromatic N) is 1. The first-order chi connectivity index (χ1) is 10.1. The third-order valence-electron chi connectivity index (χ3n) is 3.58. The van der Waals surface area contributed by atoms with Crippen LogP contribution in [-0.4, -0.2) is 17.7 Å². The van der Waals surface area contributed by atoms with Crippen molar-refractivity contribution in [1.82, 2.24) is 0 Å². The highest BCUT2D eigenvalue weighted by Gasteiger charge is 2.24. The van der Waals surface area contributed by atoms with E-state index in [0.717, 1.165) is 28.7 Å². The molecule has 2 aromatic carbocycles. The molecule has 4 heteroatoms. The topological polar surface area (TPSA) is 20.3 Å². The highest BCUT2D eigenvalue weighted by molar-refractivity contribution is 9.10.